The van der Waals surface area contributed by atoms with Gasteiger partial charge in [0.15, 0.2) is 0 Å². The van der Waals surface area contributed by atoms with Crippen LogP contribution >= 0.6 is 11.6 Å². The summed E-state index contributed by atoms with van der Waals surface area (Å²) in [7, 11) is 1.89. The van der Waals surface area contributed by atoms with Crippen molar-refractivity contribution in [2.75, 3.05) is 6.54 Å². The Morgan fingerprint density at radius 2 is 2.20 bits per heavy atom. The molecule has 20 heavy (non-hydrogen) atoms. The minimum Gasteiger partial charge on any atom is -0.439 e. The molecule has 2 aromatic rings. The van der Waals surface area contributed by atoms with Gasteiger partial charge in [0.05, 0.1) is 11.3 Å². The zero-order valence-corrected chi connectivity index (χ0v) is 12.9. The summed E-state index contributed by atoms with van der Waals surface area (Å²) in [6.45, 7) is 5.87. The quantitative estimate of drug-likeness (QED) is 0.826. The van der Waals surface area contributed by atoms with Gasteiger partial charge >= 0.3 is 0 Å². The summed E-state index contributed by atoms with van der Waals surface area (Å²) >= 11 is 5.98. The molecule has 0 aliphatic carbocycles. The van der Waals surface area contributed by atoms with Gasteiger partial charge in [0, 0.05) is 18.6 Å². The van der Waals surface area contributed by atoms with Crippen LogP contribution in [0.15, 0.2) is 24.3 Å². The molecule has 0 spiro atoms. The first-order chi connectivity index (χ1) is 9.61. The van der Waals surface area contributed by atoms with Crippen molar-refractivity contribution in [3.8, 4) is 11.6 Å². The van der Waals surface area contributed by atoms with Gasteiger partial charge in [-0.05, 0) is 38.1 Å². The van der Waals surface area contributed by atoms with Crippen molar-refractivity contribution < 1.29 is 4.74 Å². The molecule has 0 bridgehead atoms. The van der Waals surface area contributed by atoms with Crippen LogP contribution in [-0.4, -0.2) is 16.3 Å². The minimum atomic E-state index is 0.659. The number of ether oxygens (including phenoxy) is 1. The standard InChI is InChI=1S/C15H20ClN3O/c1-4-8-17-10-14-11(2)18-19(3)15(14)20-13-7-5-6-12(16)9-13/h5-7,9,17H,4,8,10H2,1-3H3. The van der Waals surface area contributed by atoms with Crippen molar-refractivity contribution in [2.24, 2.45) is 7.05 Å². The van der Waals surface area contributed by atoms with E-state index in [0.717, 1.165) is 42.4 Å². The van der Waals surface area contributed by atoms with E-state index in [0.29, 0.717) is 5.02 Å². The second kappa shape index (κ2) is 6.77. The van der Waals surface area contributed by atoms with Gasteiger partial charge < -0.3 is 10.1 Å². The van der Waals surface area contributed by atoms with Crippen LogP contribution in [0.5, 0.6) is 11.6 Å². The molecule has 1 aromatic carbocycles. The molecule has 108 valence electrons. The molecule has 0 saturated heterocycles. The Hall–Kier alpha value is -1.52. The minimum absolute atomic E-state index is 0.659. The van der Waals surface area contributed by atoms with Crippen LogP contribution in [0.1, 0.15) is 24.6 Å². The smallest absolute Gasteiger partial charge is 0.222 e. The molecular weight excluding hydrogens is 274 g/mol. The number of hydrogen-bond acceptors (Lipinski definition) is 3. The number of aromatic nitrogens is 2. The molecule has 0 radical (unpaired) electrons. The largest absolute Gasteiger partial charge is 0.439 e. The van der Waals surface area contributed by atoms with Crippen LogP contribution in [0.25, 0.3) is 0 Å². The number of benzene rings is 1. The number of rotatable bonds is 6. The molecular formula is C15H20ClN3O. The van der Waals surface area contributed by atoms with E-state index >= 15 is 0 Å². The highest BCUT2D eigenvalue weighted by atomic mass is 35.5. The van der Waals surface area contributed by atoms with Gasteiger partial charge in [0.25, 0.3) is 0 Å². The normalized spacial score (nSPS) is 10.8. The van der Waals surface area contributed by atoms with E-state index in [1.807, 2.05) is 32.2 Å². The summed E-state index contributed by atoms with van der Waals surface area (Å²) in [5.41, 5.74) is 2.06. The number of aryl methyl sites for hydroxylation is 2. The van der Waals surface area contributed by atoms with Crippen LogP contribution < -0.4 is 10.1 Å². The summed E-state index contributed by atoms with van der Waals surface area (Å²) in [6, 6.07) is 7.38. The van der Waals surface area contributed by atoms with Gasteiger partial charge in [-0.2, -0.15) is 5.10 Å². The van der Waals surface area contributed by atoms with E-state index in [1.54, 1.807) is 10.7 Å². The first-order valence-corrected chi connectivity index (χ1v) is 7.16. The third-order valence-electron chi connectivity index (χ3n) is 3.03. The highest BCUT2D eigenvalue weighted by Crippen LogP contribution is 2.28. The summed E-state index contributed by atoms with van der Waals surface area (Å²) in [5, 5.41) is 8.47. The number of halogens is 1. The fraction of sp³-hybridized carbons (Fsp3) is 0.400. The van der Waals surface area contributed by atoms with Crippen molar-refractivity contribution in [3.63, 3.8) is 0 Å². The van der Waals surface area contributed by atoms with Crippen molar-refractivity contribution in [2.45, 2.75) is 26.8 Å². The lowest BCUT2D eigenvalue weighted by Crippen LogP contribution is -2.14. The average Bonchev–Trinajstić information content (AvgIpc) is 2.66. The number of nitrogens with one attached hydrogen (secondary N) is 1. The second-order valence-electron chi connectivity index (χ2n) is 4.73. The highest BCUT2D eigenvalue weighted by Gasteiger charge is 2.15. The van der Waals surface area contributed by atoms with E-state index in [-0.39, 0.29) is 0 Å². The Bertz CT molecular complexity index is 580. The predicted octanol–water partition coefficient (Wildman–Crippen LogP) is 3.67. The van der Waals surface area contributed by atoms with E-state index in [4.69, 9.17) is 16.3 Å². The average molecular weight is 294 g/mol. The maximum Gasteiger partial charge on any atom is 0.222 e. The monoisotopic (exact) mass is 293 g/mol. The lowest BCUT2D eigenvalue weighted by molar-refractivity contribution is 0.424. The molecule has 0 unspecified atom stereocenters. The summed E-state index contributed by atoms with van der Waals surface area (Å²) in [6.07, 6.45) is 1.10. The van der Waals surface area contributed by atoms with Gasteiger partial charge in [-0.25, -0.2) is 4.68 Å². The fourth-order valence-electron chi connectivity index (χ4n) is 2.04. The van der Waals surface area contributed by atoms with E-state index in [9.17, 15) is 0 Å². The molecule has 0 fully saturated rings. The Morgan fingerprint density at radius 1 is 1.40 bits per heavy atom. The van der Waals surface area contributed by atoms with Crippen molar-refractivity contribution in [1.82, 2.24) is 15.1 Å². The third kappa shape index (κ3) is 3.52. The Balaban J connectivity index is 2.21. The predicted molar refractivity (Wildman–Crippen MR) is 81.5 cm³/mol. The third-order valence-corrected chi connectivity index (χ3v) is 3.26. The lowest BCUT2D eigenvalue weighted by atomic mass is 10.2. The molecule has 0 amide bonds. The van der Waals surface area contributed by atoms with Crippen molar-refractivity contribution in [3.05, 3.63) is 40.5 Å². The van der Waals surface area contributed by atoms with Gasteiger partial charge in [0.1, 0.15) is 5.75 Å². The molecule has 1 aromatic heterocycles. The maximum absolute atomic E-state index is 5.98. The first-order valence-electron chi connectivity index (χ1n) is 6.78. The molecule has 1 heterocycles. The highest BCUT2D eigenvalue weighted by molar-refractivity contribution is 6.30. The Kier molecular flexibility index (Phi) is 5.04. The zero-order valence-electron chi connectivity index (χ0n) is 12.1. The number of hydrogen-bond donors (Lipinski definition) is 1. The van der Waals surface area contributed by atoms with Gasteiger partial charge in [0.2, 0.25) is 5.88 Å². The van der Waals surface area contributed by atoms with Crippen LogP contribution in [0.2, 0.25) is 5.02 Å². The SMILES string of the molecule is CCCNCc1c(C)nn(C)c1Oc1cccc(Cl)c1. The molecule has 1 N–H and O–H groups in total. The van der Waals surface area contributed by atoms with Crippen LogP contribution in [-0.2, 0) is 13.6 Å². The van der Waals surface area contributed by atoms with Crippen LogP contribution in [0, 0.1) is 6.92 Å². The molecule has 0 atom stereocenters. The van der Waals surface area contributed by atoms with Gasteiger partial charge in [-0.15, -0.1) is 0 Å². The van der Waals surface area contributed by atoms with Crippen LogP contribution in [0.4, 0.5) is 0 Å². The molecule has 5 heteroatoms. The van der Waals surface area contributed by atoms with Crippen LogP contribution in [0.3, 0.4) is 0 Å². The Morgan fingerprint density at radius 3 is 2.90 bits per heavy atom. The molecule has 0 aliphatic heterocycles. The molecule has 0 aliphatic rings. The second-order valence-corrected chi connectivity index (χ2v) is 5.17. The van der Waals surface area contributed by atoms with E-state index in [1.165, 1.54) is 0 Å². The molecule has 0 saturated carbocycles. The van der Waals surface area contributed by atoms with Crippen molar-refractivity contribution in [1.29, 1.82) is 0 Å². The summed E-state index contributed by atoms with van der Waals surface area (Å²) < 4.78 is 7.71. The summed E-state index contributed by atoms with van der Waals surface area (Å²) in [5.74, 6) is 1.48. The molecule has 4 nitrogen and oxygen atoms in total. The van der Waals surface area contributed by atoms with Crippen molar-refractivity contribution >= 4 is 11.6 Å². The molecule has 2 rings (SSSR count). The van der Waals surface area contributed by atoms with Gasteiger partial charge in [-0.1, -0.05) is 24.6 Å². The number of nitrogens with zero attached hydrogens (tertiary/aromatic N) is 2. The van der Waals surface area contributed by atoms with Gasteiger partial charge in [-0.3, -0.25) is 0 Å². The fourth-order valence-corrected chi connectivity index (χ4v) is 2.22. The van der Waals surface area contributed by atoms with E-state index in [2.05, 4.69) is 17.3 Å². The zero-order chi connectivity index (χ0) is 14.5. The lowest BCUT2D eigenvalue weighted by Gasteiger charge is -2.09. The Labute approximate surface area is 124 Å². The van der Waals surface area contributed by atoms with E-state index < -0.39 is 0 Å². The topological polar surface area (TPSA) is 39.1 Å². The first kappa shape index (κ1) is 14.9. The maximum atomic E-state index is 5.98. The summed E-state index contributed by atoms with van der Waals surface area (Å²) in [4.78, 5) is 0.